The van der Waals surface area contributed by atoms with E-state index in [2.05, 4.69) is 31.9 Å². The summed E-state index contributed by atoms with van der Waals surface area (Å²) in [6.45, 7) is 26.9. The molecule has 0 saturated heterocycles. The summed E-state index contributed by atoms with van der Waals surface area (Å²) in [7, 11) is 3.00. The van der Waals surface area contributed by atoms with Crippen molar-refractivity contribution in [3.63, 3.8) is 0 Å². The van der Waals surface area contributed by atoms with Crippen LogP contribution in [-0.2, 0) is 58.9 Å². The number of unbranched alkanes of at least 4 members (excludes halogenated alkanes) is 1. The number of aryl methyl sites for hydroxylation is 1. The largest absolute Gasteiger partial charge is 0.460 e. The van der Waals surface area contributed by atoms with Crippen LogP contribution in [0.15, 0.2) is 24.3 Å². The minimum Gasteiger partial charge on any atom is -0.460 e. The minimum absolute atomic E-state index is 0.0123. The molecule has 17 nitrogen and oxygen atoms in total. The molecule has 1 aromatic rings. The molecule has 0 bridgehead atoms. The van der Waals surface area contributed by atoms with Gasteiger partial charge < -0.3 is 50.8 Å². The monoisotopic (exact) mass is 947 g/mol. The van der Waals surface area contributed by atoms with Crippen LogP contribution in [0.25, 0.3) is 0 Å². The zero-order chi connectivity index (χ0) is 51.4. The lowest BCUT2D eigenvalue weighted by Gasteiger charge is -2.34. The highest BCUT2D eigenvalue weighted by Gasteiger charge is 2.39. The van der Waals surface area contributed by atoms with E-state index in [9.17, 15) is 33.6 Å². The lowest BCUT2D eigenvalue weighted by atomic mass is 9.85. The number of methoxy groups -OCH3 is 2. The average molecular weight is 947 g/mol. The van der Waals surface area contributed by atoms with Gasteiger partial charge in [-0.1, -0.05) is 92.5 Å². The number of carbonyl (C=O) groups excluding carboxylic acids is 7. The van der Waals surface area contributed by atoms with Crippen molar-refractivity contribution in [2.75, 3.05) is 20.8 Å². The van der Waals surface area contributed by atoms with E-state index in [0.29, 0.717) is 12.8 Å². The van der Waals surface area contributed by atoms with E-state index in [4.69, 9.17) is 18.9 Å². The van der Waals surface area contributed by atoms with Gasteiger partial charge in [-0.15, -0.1) is 0 Å². The van der Waals surface area contributed by atoms with Gasteiger partial charge in [0.1, 0.15) is 35.8 Å². The second-order valence-corrected chi connectivity index (χ2v) is 21.1. The van der Waals surface area contributed by atoms with Gasteiger partial charge in [-0.05, 0) is 89.7 Å². The summed E-state index contributed by atoms with van der Waals surface area (Å²) >= 11 is 0. The quantitative estimate of drug-likeness (QED) is 0.0512. The number of nitrogens with one attached hydrogen (secondary N) is 6. The first kappa shape index (κ1) is 60.4. The third kappa shape index (κ3) is 23.3. The molecule has 17 heteroatoms. The maximum Gasteiger partial charge on any atom is 0.306 e. The predicted octanol–water partition coefficient (Wildman–Crippen LogP) is 4.94. The molecule has 0 aromatic heterocycles. The van der Waals surface area contributed by atoms with Gasteiger partial charge in [0.15, 0.2) is 6.29 Å². The van der Waals surface area contributed by atoms with E-state index in [1.54, 1.807) is 76.2 Å². The van der Waals surface area contributed by atoms with Crippen molar-refractivity contribution in [2.24, 2.45) is 17.3 Å². The first-order chi connectivity index (χ1) is 30.9. The van der Waals surface area contributed by atoms with E-state index in [1.165, 1.54) is 14.2 Å². The van der Waals surface area contributed by atoms with Crippen LogP contribution in [0, 0.1) is 24.2 Å². The molecule has 6 atom stereocenters. The van der Waals surface area contributed by atoms with Crippen LogP contribution in [-0.4, -0.2) is 116 Å². The van der Waals surface area contributed by atoms with Crippen molar-refractivity contribution in [3.8, 4) is 0 Å². The second kappa shape index (κ2) is 28.0. The summed E-state index contributed by atoms with van der Waals surface area (Å²) in [5.41, 5.74) is -0.674. The van der Waals surface area contributed by atoms with Crippen molar-refractivity contribution in [1.29, 1.82) is 0 Å². The lowest BCUT2D eigenvalue weighted by molar-refractivity contribution is -0.155. The molecule has 67 heavy (non-hydrogen) atoms. The van der Waals surface area contributed by atoms with Crippen LogP contribution in [0.5, 0.6) is 0 Å². The fourth-order valence-corrected chi connectivity index (χ4v) is 6.99. The fourth-order valence-electron chi connectivity index (χ4n) is 6.99. The van der Waals surface area contributed by atoms with E-state index in [-0.39, 0.29) is 31.8 Å². The Morgan fingerprint density at radius 2 is 1.21 bits per heavy atom. The summed E-state index contributed by atoms with van der Waals surface area (Å²) in [5, 5.41) is 17.1. The van der Waals surface area contributed by atoms with Gasteiger partial charge in [-0.2, -0.15) is 0 Å². The van der Waals surface area contributed by atoms with Gasteiger partial charge in [0.25, 0.3) is 0 Å². The highest BCUT2D eigenvalue weighted by atomic mass is 16.7. The molecule has 1 aromatic carbocycles. The molecule has 6 N–H and O–H groups in total. The molecule has 0 aliphatic carbocycles. The zero-order valence-electron chi connectivity index (χ0n) is 43.7. The Labute approximate surface area is 400 Å². The standard InChI is InChI=1S/C50H86N6O11/c1-18-19-24-34(47(64-16)65-17)52-42(59)35(27-30(2)3)54-46(63)41(48(7,8)9)56-43(60)36(28-33-23-21-20-22-32(33)6)53-45(62)40(31(4)5)55-44(61)37(29-66-49(10,11)12)51-38(57)25-26-39(58)67-50(13,14)15/h20-23,30-31,34-37,40-41,47H,18-19,24-29H2,1-17H3,(H,51,57)(H,52,59)(H,53,62)(H,54,63)(H,55,61)(H,56,60)/t34-,35-,36-,37-,40+,41+/m0/s1. The Kier molecular flexibility index (Phi) is 25.3. The third-order valence-corrected chi connectivity index (χ3v) is 10.6. The van der Waals surface area contributed by atoms with Crippen LogP contribution in [0.4, 0.5) is 0 Å². The number of benzene rings is 1. The average Bonchev–Trinajstić information content (AvgIpc) is 3.20. The van der Waals surface area contributed by atoms with Crippen LogP contribution in [0.2, 0.25) is 0 Å². The van der Waals surface area contributed by atoms with Crippen LogP contribution < -0.4 is 31.9 Å². The zero-order valence-corrected chi connectivity index (χ0v) is 43.7. The smallest absolute Gasteiger partial charge is 0.306 e. The maximum atomic E-state index is 14.6. The first-order valence-electron chi connectivity index (χ1n) is 23.7. The molecule has 382 valence electrons. The number of ether oxygens (including phenoxy) is 4. The van der Waals surface area contributed by atoms with E-state index in [1.807, 2.05) is 52.0 Å². The molecule has 6 amide bonds. The molecule has 0 heterocycles. The lowest BCUT2D eigenvalue weighted by Crippen LogP contribution is -2.63. The molecule has 0 saturated carbocycles. The van der Waals surface area contributed by atoms with Crippen molar-refractivity contribution in [1.82, 2.24) is 31.9 Å². The summed E-state index contributed by atoms with van der Waals surface area (Å²) in [4.78, 5) is 96.5. The minimum atomic E-state index is -1.25. The van der Waals surface area contributed by atoms with Crippen molar-refractivity contribution < 1.29 is 52.5 Å². The Bertz CT molecular complexity index is 1760. The van der Waals surface area contributed by atoms with Gasteiger partial charge in [0, 0.05) is 27.1 Å². The van der Waals surface area contributed by atoms with Gasteiger partial charge >= 0.3 is 5.97 Å². The third-order valence-electron chi connectivity index (χ3n) is 10.6. The fraction of sp³-hybridized carbons (Fsp3) is 0.740. The Morgan fingerprint density at radius 1 is 0.642 bits per heavy atom. The van der Waals surface area contributed by atoms with E-state index in [0.717, 1.165) is 24.0 Å². The van der Waals surface area contributed by atoms with Gasteiger partial charge in [0.2, 0.25) is 35.4 Å². The van der Waals surface area contributed by atoms with Crippen LogP contribution in [0.3, 0.4) is 0 Å². The van der Waals surface area contributed by atoms with Crippen molar-refractivity contribution in [3.05, 3.63) is 35.4 Å². The van der Waals surface area contributed by atoms with E-state index < -0.39 is 106 Å². The van der Waals surface area contributed by atoms with Gasteiger partial charge in [-0.3, -0.25) is 33.6 Å². The summed E-state index contributed by atoms with van der Waals surface area (Å²) in [6.07, 6.45) is 1.46. The summed E-state index contributed by atoms with van der Waals surface area (Å²) in [6, 6.07) is 1.12. The second-order valence-electron chi connectivity index (χ2n) is 21.1. The number of carbonyl (C=O) groups is 7. The highest BCUT2D eigenvalue weighted by Crippen LogP contribution is 2.22. The first-order valence-corrected chi connectivity index (χ1v) is 23.7. The number of amides is 6. The van der Waals surface area contributed by atoms with Crippen LogP contribution >= 0.6 is 0 Å². The van der Waals surface area contributed by atoms with Crippen molar-refractivity contribution >= 4 is 41.4 Å². The molecule has 0 aliphatic heterocycles. The Morgan fingerprint density at radius 3 is 1.72 bits per heavy atom. The molecular formula is C50H86N6O11. The summed E-state index contributed by atoms with van der Waals surface area (Å²) in [5.74, 6) is -4.73. The Balaban J connectivity index is 3.53. The molecule has 1 rings (SSSR count). The van der Waals surface area contributed by atoms with Crippen LogP contribution in [0.1, 0.15) is 147 Å². The predicted molar refractivity (Wildman–Crippen MR) is 258 cm³/mol. The highest BCUT2D eigenvalue weighted by molar-refractivity contribution is 5.97. The molecule has 0 aliphatic rings. The molecular weight excluding hydrogens is 861 g/mol. The number of esters is 1. The number of rotatable bonds is 27. The number of hydrogen-bond acceptors (Lipinski definition) is 11. The SMILES string of the molecule is CCCC[C@H](NC(=O)[C@H](CC(C)C)NC(=O)[C@@H](NC(=O)[C@H](Cc1ccccc1C)NC(=O)[C@H](NC(=O)[C@H](COC(C)(C)C)NC(=O)CCC(=O)OC(C)(C)C)C(C)C)C(C)(C)C)C(OC)OC. The normalized spacial score (nSPS) is 14.9. The molecule has 0 spiro atoms. The van der Waals surface area contributed by atoms with Gasteiger partial charge in [-0.25, -0.2) is 0 Å². The topological polar surface area (TPSA) is 229 Å². The summed E-state index contributed by atoms with van der Waals surface area (Å²) < 4.78 is 22.2. The molecule has 0 radical (unpaired) electrons. The Hall–Kier alpha value is -4.61. The van der Waals surface area contributed by atoms with E-state index >= 15 is 0 Å². The van der Waals surface area contributed by atoms with Gasteiger partial charge in [0.05, 0.1) is 24.7 Å². The molecule has 0 fully saturated rings. The van der Waals surface area contributed by atoms with Crippen molar-refractivity contribution in [2.45, 2.75) is 203 Å². The number of hydrogen-bond donors (Lipinski definition) is 6. The molecule has 0 unspecified atom stereocenters. The maximum absolute atomic E-state index is 14.6.